The number of pyridine rings is 1. The molecule has 1 aromatic carbocycles. The fraction of sp³-hybridized carbons (Fsp3) is 0.444. The molecule has 1 aliphatic heterocycles. The maximum absolute atomic E-state index is 5.61. The maximum Gasteiger partial charge on any atom is 0.191 e. The van der Waals surface area contributed by atoms with Crippen LogP contribution < -0.4 is 10.6 Å². The summed E-state index contributed by atoms with van der Waals surface area (Å²) in [7, 11) is 1.79. The van der Waals surface area contributed by atoms with Crippen LogP contribution in [-0.2, 0) is 11.2 Å². The summed E-state index contributed by atoms with van der Waals surface area (Å²) in [5.74, 6) is 0.821. The molecule has 2 heterocycles. The van der Waals surface area contributed by atoms with Crippen LogP contribution in [0.15, 0.2) is 41.4 Å². The second kappa shape index (κ2) is 9.78. The van der Waals surface area contributed by atoms with E-state index in [-0.39, 0.29) is 24.0 Å². The lowest BCUT2D eigenvalue weighted by molar-refractivity contribution is 0.114. The summed E-state index contributed by atoms with van der Waals surface area (Å²) in [5, 5.41) is 7.83. The highest BCUT2D eigenvalue weighted by Crippen LogP contribution is 2.12. The molecule has 2 aromatic rings. The molecular formula is C18H25IN4O. The van der Waals surface area contributed by atoms with Gasteiger partial charge in [0, 0.05) is 44.2 Å². The molecule has 0 amide bonds. The van der Waals surface area contributed by atoms with Crippen LogP contribution in [0, 0.1) is 0 Å². The summed E-state index contributed by atoms with van der Waals surface area (Å²) < 4.78 is 5.61. The Labute approximate surface area is 160 Å². The van der Waals surface area contributed by atoms with Crippen molar-refractivity contribution in [2.45, 2.75) is 25.4 Å². The average molecular weight is 440 g/mol. The van der Waals surface area contributed by atoms with Gasteiger partial charge in [-0.25, -0.2) is 0 Å². The second-order valence-corrected chi connectivity index (χ2v) is 5.76. The molecule has 0 aliphatic carbocycles. The number of ether oxygens (including phenoxy) is 1. The Morgan fingerprint density at radius 2 is 2.12 bits per heavy atom. The van der Waals surface area contributed by atoms with Gasteiger partial charge in [-0.1, -0.05) is 24.3 Å². The number of rotatable bonds is 5. The SMILES string of the molecule is CN=C(NCCc1ccc2ccccc2n1)NCC1CCCO1.I. The van der Waals surface area contributed by atoms with Gasteiger partial charge >= 0.3 is 0 Å². The maximum atomic E-state index is 5.61. The van der Waals surface area contributed by atoms with Crippen molar-refractivity contribution >= 4 is 40.8 Å². The number of aromatic nitrogens is 1. The molecule has 1 saturated heterocycles. The number of nitrogens with zero attached hydrogens (tertiary/aromatic N) is 2. The Kier molecular flexibility index (Phi) is 7.71. The third-order valence-electron chi connectivity index (χ3n) is 4.07. The molecule has 130 valence electrons. The number of benzene rings is 1. The lowest BCUT2D eigenvalue weighted by Gasteiger charge is -2.15. The van der Waals surface area contributed by atoms with Gasteiger partial charge in [-0.15, -0.1) is 24.0 Å². The molecule has 0 radical (unpaired) electrons. The van der Waals surface area contributed by atoms with Crippen molar-refractivity contribution in [2.75, 3.05) is 26.7 Å². The van der Waals surface area contributed by atoms with E-state index in [2.05, 4.69) is 38.8 Å². The highest BCUT2D eigenvalue weighted by atomic mass is 127. The highest BCUT2D eigenvalue weighted by molar-refractivity contribution is 14.0. The molecule has 0 saturated carbocycles. The normalized spacial score (nSPS) is 17.5. The van der Waals surface area contributed by atoms with Crippen molar-refractivity contribution in [1.82, 2.24) is 15.6 Å². The lowest BCUT2D eigenvalue weighted by atomic mass is 10.2. The number of guanidine groups is 1. The van der Waals surface area contributed by atoms with E-state index in [0.717, 1.165) is 56.1 Å². The van der Waals surface area contributed by atoms with Gasteiger partial charge in [0.25, 0.3) is 0 Å². The number of fused-ring (bicyclic) bond motifs is 1. The first-order valence-electron chi connectivity index (χ1n) is 8.26. The zero-order valence-corrected chi connectivity index (χ0v) is 16.3. The van der Waals surface area contributed by atoms with Gasteiger partial charge < -0.3 is 15.4 Å². The summed E-state index contributed by atoms with van der Waals surface area (Å²) >= 11 is 0. The average Bonchev–Trinajstić information content (AvgIpc) is 3.11. The number of aliphatic imine (C=N–C) groups is 1. The quantitative estimate of drug-likeness (QED) is 0.427. The molecule has 6 heteroatoms. The Balaban J connectivity index is 0.00000208. The topological polar surface area (TPSA) is 58.5 Å². The second-order valence-electron chi connectivity index (χ2n) is 5.76. The first-order valence-corrected chi connectivity index (χ1v) is 8.26. The lowest BCUT2D eigenvalue weighted by Crippen LogP contribution is -2.41. The summed E-state index contributed by atoms with van der Waals surface area (Å²) in [6, 6.07) is 12.4. The Hall–Kier alpha value is -1.41. The number of hydrogen-bond acceptors (Lipinski definition) is 3. The molecule has 1 aromatic heterocycles. The van der Waals surface area contributed by atoms with Gasteiger partial charge in [0.05, 0.1) is 11.6 Å². The van der Waals surface area contributed by atoms with Crippen LogP contribution >= 0.6 is 24.0 Å². The number of hydrogen-bond donors (Lipinski definition) is 2. The molecule has 1 atom stereocenters. The highest BCUT2D eigenvalue weighted by Gasteiger charge is 2.15. The molecule has 3 rings (SSSR count). The van der Waals surface area contributed by atoms with E-state index in [1.165, 1.54) is 5.39 Å². The third-order valence-corrected chi connectivity index (χ3v) is 4.07. The van der Waals surface area contributed by atoms with Crippen LogP contribution in [0.1, 0.15) is 18.5 Å². The summed E-state index contributed by atoms with van der Waals surface area (Å²) in [6.07, 6.45) is 3.47. The predicted octanol–water partition coefficient (Wildman–Crippen LogP) is 2.74. The van der Waals surface area contributed by atoms with Crippen molar-refractivity contribution in [2.24, 2.45) is 4.99 Å². The minimum Gasteiger partial charge on any atom is -0.376 e. The minimum atomic E-state index is 0. The molecule has 1 aliphatic rings. The van der Waals surface area contributed by atoms with E-state index < -0.39 is 0 Å². The number of halogens is 1. The fourth-order valence-corrected chi connectivity index (χ4v) is 2.79. The monoisotopic (exact) mass is 440 g/mol. The van der Waals surface area contributed by atoms with Gasteiger partial charge in [0.2, 0.25) is 0 Å². The third kappa shape index (κ3) is 5.31. The van der Waals surface area contributed by atoms with Crippen molar-refractivity contribution in [3.63, 3.8) is 0 Å². The van der Waals surface area contributed by atoms with E-state index in [9.17, 15) is 0 Å². The van der Waals surface area contributed by atoms with Gasteiger partial charge in [0.1, 0.15) is 0 Å². The van der Waals surface area contributed by atoms with Crippen molar-refractivity contribution < 1.29 is 4.74 Å². The van der Waals surface area contributed by atoms with Crippen LogP contribution in [0.4, 0.5) is 0 Å². The van der Waals surface area contributed by atoms with Crippen LogP contribution in [0.3, 0.4) is 0 Å². The van der Waals surface area contributed by atoms with Crippen molar-refractivity contribution in [1.29, 1.82) is 0 Å². The van der Waals surface area contributed by atoms with E-state index >= 15 is 0 Å². The van der Waals surface area contributed by atoms with Crippen LogP contribution in [-0.4, -0.2) is 43.8 Å². The molecular weight excluding hydrogens is 415 g/mol. The summed E-state index contributed by atoms with van der Waals surface area (Å²) in [4.78, 5) is 8.94. The van der Waals surface area contributed by atoms with Gasteiger partial charge in [-0.05, 0) is 25.0 Å². The predicted molar refractivity (Wildman–Crippen MR) is 109 cm³/mol. The van der Waals surface area contributed by atoms with Crippen LogP contribution in [0.25, 0.3) is 10.9 Å². The molecule has 2 N–H and O–H groups in total. The molecule has 1 fully saturated rings. The summed E-state index contributed by atoms with van der Waals surface area (Å²) in [6.45, 7) is 2.50. The molecule has 5 nitrogen and oxygen atoms in total. The Bertz CT molecular complexity index is 671. The zero-order valence-electron chi connectivity index (χ0n) is 14.0. The van der Waals surface area contributed by atoms with E-state index in [1.807, 2.05) is 18.2 Å². The van der Waals surface area contributed by atoms with Crippen molar-refractivity contribution in [3.05, 3.63) is 42.1 Å². The van der Waals surface area contributed by atoms with Crippen LogP contribution in [0.2, 0.25) is 0 Å². The first kappa shape index (κ1) is 18.9. The largest absolute Gasteiger partial charge is 0.376 e. The van der Waals surface area contributed by atoms with E-state index in [4.69, 9.17) is 4.74 Å². The Morgan fingerprint density at radius 3 is 2.92 bits per heavy atom. The van der Waals surface area contributed by atoms with Gasteiger partial charge in [-0.3, -0.25) is 9.98 Å². The molecule has 0 bridgehead atoms. The number of para-hydroxylation sites is 1. The van der Waals surface area contributed by atoms with Gasteiger partial charge in [0.15, 0.2) is 5.96 Å². The van der Waals surface area contributed by atoms with E-state index in [0.29, 0.717) is 6.10 Å². The smallest absolute Gasteiger partial charge is 0.191 e. The zero-order chi connectivity index (χ0) is 15.9. The molecule has 24 heavy (non-hydrogen) atoms. The van der Waals surface area contributed by atoms with E-state index in [1.54, 1.807) is 7.05 Å². The van der Waals surface area contributed by atoms with Gasteiger partial charge in [-0.2, -0.15) is 0 Å². The minimum absolute atomic E-state index is 0. The van der Waals surface area contributed by atoms with Crippen molar-refractivity contribution in [3.8, 4) is 0 Å². The fourth-order valence-electron chi connectivity index (χ4n) is 2.79. The molecule has 0 spiro atoms. The van der Waals surface area contributed by atoms with Crippen LogP contribution in [0.5, 0.6) is 0 Å². The summed E-state index contributed by atoms with van der Waals surface area (Å²) in [5.41, 5.74) is 2.14. The standard InChI is InChI=1S/C18H24N4O.HI/c1-19-18(21-13-16-6-4-12-23-16)20-11-10-15-9-8-14-5-2-3-7-17(14)22-15;/h2-3,5,7-9,16H,4,6,10-13H2,1H3,(H2,19,20,21);1H. The molecule has 1 unspecified atom stereocenters. The number of nitrogens with one attached hydrogen (secondary N) is 2. The Morgan fingerprint density at radius 1 is 1.25 bits per heavy atom. The first-order chi connectivity index (χ1) is 11.3.